The summed E-state index contributed by atoms with van der Waals surface area (Å²) in [6.45, 7) is 0. The number of para-hydroxylation sites is 3. The number of nitrogens with one attached hydrogen (secondary N) is 1. The Morgan fingerprint density at radius 2 is 1.70 bits per heavy atom. The van der Waals surface area contributed by atoms with Gasteiger partial charge in [-0.1, -0.05) is 35.9 Å². The first kappa shape index (κ1) is 16.1. The number of benzene rings is 2. The molecule has 5 aromatic rings. The maximum Gasteiger partial charge on any atom is 0.195 e. The number of aromatic nitrogens is 7. The van der Waals surface area contributed by atoms with Crippen LogP contribution in [0.5, 0.6) is 0 Å². The fourth-order valence-electron chi connectivity index (χ4n) is 2.99. The molecule has 9 heteroatoms. The molecule has 7 nitrogen and oxygen atoms in total. The summed E-state index contributed by atoms with van der Waals surface area (Å²) in [6.07, 6.45) is 0. The average Bonchev–Trinajstić information content (AvgIpc) is 3.20. The lowest BCUT2D eigenvalue weighted by Crippen LogP contribution is -2.00. The molecule has 1 N–H and O–H groups in total. The summed E-state index contributed by atoms with van der Waals surface area (Å²) in [5.74, 6) is 0.584. The first-order chi connectivity index (χ1) is 13.1. The summed E-state index contributed by atoms with van der Waals surface area (Å²) < 4.78 is 3.95. The molecule has 2 aromatic carbocycles. The van der Waals surface area contributed by atoms with Gasteiger partial charge in [0.1, 0.15) is 5.52 Å². The molecule has 27 heavy (non-hydrogen) atoms. The molecule has 0 bridgehead atoms. The fraction of sp³-hybridized carbons (Fsp3) is 0.0556. The van der Waals surface area contributed by atoms with E-state index in [1.807, 2.05) is 55.6 Å². The lowest BCUT2D eigenvalue weighted by molar-refractivity contribution is 0.868. The minimum Gasteiger partial charge on any atom is -0.302 e. The third-order valence-electron chi connectivity index (χ3n) is 4.35. The predicted octanol–water partition coefficient (Wildman–Crippen LogP) is 4.08. The van der Waals surface area contributed by atoms with E-state index in [1.54, 1.807) is 9.25 Å². The molecular formula is C18H12ClN7S. The van der Waals surface area contributed by atoms with Gasteiger partial charge in [0.2, 0.25) is 0 Å². The van der Waals surface area contributed by atoms with Crippen molar-refractivity contribution in [2.45, 2.75) is 0 Å². The topological polar surface area (TPSA) is 77.2 Å². The number of aromatic amines is 1. The summed E-state index contributed by atoms with van der Waals surface area (Å²) in [5.41, 5.74) is 4.09. The molecular weight excluding hydrogens is 382 g/mol. The van der Waals surface area contributed by atoms with Gasteiger partial charge in [-0.3, -0.25) is 5.10 Å². The summed E-state index contributed by atoms with van der Waals surface area (Å²) in [5, 5.41) is 12.4. The van der Waals surface area contributed by atoms with Crippen LogP contribution in [0.25, 0.3) is 39.4 Å². The highest BCUT2D eigenvalue weighted by Gasteiger charge is 2.21. The van der Waals surface area contributed by atoms with Crippen LogP contribution in [0.15, 0.2) is 48.5 Å². The Kier molecular flexibility index (Phi) is 3.56. The van der Waals surface area contributed by atoms with Crippen LogP contribution in [-0.2, 0) is 7.05 Å². The van der Waals surface area contributed by atoms with Crippen LogP contribution >= 0.6 is 23.8 Å². The molecule has 132 valence electrons. The average molecular weight is 394 g/mol. The van der Waals surface area contributed by atoms with E-state index in [2.05, 4.69) is 10.2 Å². The Balaban J connectivity index is 1.93. The molecule has 0 saturated carbocycles. The van der Waals surface area contributed by atoms with Crippen LogP contribution in [0.1, 0.15) is 0 Å². The molecule has 3 aromatic heterocycles. The van der Waals surface area contributed by atoms with Gasteiger partial charge in [0.15, 0.2) is 21.9 Å². The van der Waals surface area contributed by atoms with Gasteiger partial charge in [-0.25, -0.2) is 14.6 Å². The molecule has 0 saturated heterocycles. The van der Waals surface area contributed by atoms with E-state index in [4.69, 9.17) is 38.9 Å². The lowest BCUT2D eigenvalue weighted by atomic mass is 10.2. The molecule has 0 fully saturated rings. The van der Waals surface area contributed by atoms with Crippen LogP contribution in [0.2, 0.25) is 5.02 Å². The second kappa shape index (κ2) is 5.97. The SMILES string of the molecule is Cn1c(-c2nn(-c3ccccc3Cl)c3nc4ccccc4nc23)n[nH]c1=S. The molecule has 0 atom stereocenters. The smallest absolute Gasteiger partial charge is 0.195 e. The van der Waals surface area contributed by atoms with E-state index in [0.29, 0.717) is 32.5 Å². The highest BCUT2D eigenvalue weighted by Crippen LogP contribution is 2.30. The normalized spacial score (nSPS) is 11.5. The van der Waals surface area contributed by atoms with E-state index < -0.39 is 0 Å². The Hall–Kier alpha value is -3.10. The standard InChI is InChI=1S/C18H12ClN7S/c1-25-17(22-23-18(25)27)15-14-16(21-12-8-4-3-7-11(12)20-14)26(24-15)13-9-5-2-6-10(13)19/h2-9H,1H3,(H,23,27). The van der Waals surface area contributed by atoms with Crippen LogP contribution in [0.4, 0.5) is 0 Å². The van der Waals surface area contributed by atoms with Crippen LogP contribution in [0.3, 0.4) is 0 Å². The molecule has 0 aliphatic carbocycles. The summed E-state index contributed by atoms with van der Waals surface area (Å²) in [4.78, 5) is 9.57. The van der Waals surface area contributed by atoms with Crippen molar-refractivity contribution in [3.05, 3.63) is 58.3 Å². The zero-order valence-corrected chi connectivity index (χ0v) is 15.7. The minimum absolute atomic E-state index is 0.499. The van der Waals surface area contributed by atoms with Crippen molar-refractivity contribution >= 4 is 46.0 Å². The van der Waals surface area contributed by atoms with Crippen molar-refractivity contribution in [2.75, 3.05) is 0 Å². The molecule has 0 amide bonds. The zero-order chi connectivity index (χ0) is 18.5. The molecule has 0 aliphatic rings. The Labute approximate surface area is 163 Å². The number of nitrogens with zero attached hydrogens (tertiary/aromatic N) is 6. The van der Waals surface area contributed by atoms with Gasteiger partial charge in [0, 0.05) is 7.05 Å². The fourth-order valence-corrected chi connectivity index (χ4v) is 3.34. The quantitative estimate of drug-likeness (QED) is 0.457. The molecule has 0 spiro atoms. The molecule has 0 unspecified atom stereocenters. The Morgan fingerprint density at radius 1 is 1.00 bits per heavy atom. The molecule has 5 rings (SSSR count). The highest BCUT2D eigenvalue weighted by molar-refractivity contribution is 7.71. The van der Waals surface area contributed by atoms with Gasteiger partial charge in [0.05, 0.1) is 21.7 Å². The monoisotopic (exact) mass is 393 g/mol. The number of fused-ring (bicyclic) bond motifs is 2. The maximum atomic E-state index is 6.42. The van der Waals surface area contributed by atoms with Crippen molar-refractivity contribution in [3.63, 3.8) is 0 Å². The number of H-pyrrole nitrogens is 1. The number of hydrogen-bond acceptors (Lipinski definition) is 5. The number of hydrogen-bond donors (Lipinski definition) is 1. The summed E-state index contributed by atoms with van der Waals surface area (Å²) in [7, 11) is 1.83. The Morgan fingerprint density at radius 3 is 2.41 bits per heavy atom. The van der Waals surface area contributed by atoms with Gasteiger partial charge in [-0.05, 0) is 36.5 Å². The van der Waals surface area contributed by atoms with Crippen LogP contribution in [0, 0.1) is 4.77 Å². The Bertz CT molecular complexity index is 1380. The summed E-state index contributed by atoms with van der Waals surface area (Å²) in [6, 6.07) is 15.2. The highest BCUT2D eigenvalue weighted by atomic mass is 35.5. The number of halogens is 1. The van der Waals surface area contributed by atoms with Gasteiger partial charge in [-0.15, -0.1) is 0 Å². The van der Waals surface area contributed by atoms with E-state index in [0.717, 1.165) is 16.7 Å². The summed E-state index contributed by atoms with van der Waals surface area (Å²) >= 11 is 11.7. The minimum atomic E-state index is 0.499. The van der Waals surface area contributed by atoms with Gasteiger partial charge < -0.3 is 4.57 Å². The first-order valence-corrected chi connectivity index (χ1v) is 8.94. The molecule has 3 heterocycles. The van der Waals surface area contributed by atoms with Crippen LogP contribution < -0.4 is 0 Å². The second-order valence-electron chi connectivity index (χ2n) is 6.01. The van der Waals surface area contributed by atoms with E-state index >= 15 is 0 Å². The maximum absolute atomic E-state index is 6.42. The number of rotatable bonds is 2. The van der Waals surface area contributed by atoms with Crippen LogP contribution in [-0.4, -0.2) is 34.5 Å². The van der Waals surface area contributed by atoms with Crippen molar-refractivity contribution in [3.8, 4) is 17.2 Å². The molecule has 0 radical (unpaired) electrons. The largest absolute Gasteiger partial charge is 0.302 e. The van der Waals surface area contributed by atoms with Gasteiger partial charge in [0.25, 0.3) is 0 Å². The van der Waals surface area contributed by atoms with Crippen molar-refractivity contribution in [2.24, 2.45) is 7.05 Å². The zero-order valence-electron chi connectivity index (χ0n) is 14.1. The second-order valence-corrected chi connectivity index (χ2v) is 6.80. The van der Waals surface area contributed by atoms with Gasteiger partial charge in [-0.2, -0.15) is 10.2 Å². The van der Waals surface area contributed by atoms with Gasteiger partial charge >= 0.3 is 0 Å². The van der Waals surface area contributed by atoms with Crippen molar-refractivity contribution < 1.29 is 0 Å². The van der Waals surface area contributed by atoms with E-state index in [9.17, 15) is 0 Å². The van der Waals surface area contributed by atoms with Crippen molar-refractivity contribution in [1.82, 2.24) is 34.5 Å². The predicted molar refractivity (Wildman–Crippen MR) is 107 cm³/mol. The third kappa shape index (κ3) is 2.45. The first-order valence-electron chi connectivity index (χ1n) is 8.15. The lowest BCUT2D eigenvalue weighted by Gasteiger charge is -2.05. The van der Waals surface area contributed by atoms with E-state index in [1.165, 1.54) is 0 Å². The molecule has 0 aliphatic heterocycles. The van der Waals surface area contributed by atoms with E-state index in [-0.39, 0.29) is 0 Å². The van der Waals surface area contributed by atoms with Crippen molar-refractivity contribution in [1.29, 1.82) is 0 Å². The third-order valence-corrected chi connectivity index (χ3v) is 5.03.